The summed E-state index contributed by atoms with van der Waals surface area (Å²) in [5, 5.41) is 1.18. The Kier molecular flexibility index (Phi) is 3.25. The molecular formula is C15H16BrNO. The van der Waals surface area contributed by atoms with Crippen molar-refractivity contribution in [3.8, 4) is 0 Å². The average molecular weight is 306 g/mol. The number of hydrogen-bond acceptors (Lipinski definition) is 1. The van der Waals surface area contributed by atoms with Gasteiger partial charge in [-0.1, -0.05) is 28.8 Å². The predicted molar refractivity (Wildman–Crippen MR) is 76.6 cm³/mol. The minimum absolute atomic E-state index is 0.304. The van der Waals surface area contributed by atoms with Gasteiger partial charge in [0.25, 0.3) is 0 Å². The summed E-state index contributed by atoms with van der Waals surface area (Å²) in [5.41, 5.74) is 1.14. The molecule has 1 heterocycles. The lowest BCUT2D eigenvalue weighted by atomic mass is 10.0. The van der Waals surface area contributed by atoms with E-state index in [-0.39, 0.29) is 0 Å². The number of nitrogens with zero attached hydrogens (tertiary/aromatic N) is 1. The Morgan fingerprint density at radius 2 is 2.06 bits per heavy atom. The minimum Gasteiger partial charge on any atom is -0.340 e. The fourth-order valence-corrected chi connectivity index (χ4v) is 3.23. The second-order valence-corrected chi connectivity index (χ2v) is 6.01. The number of carbonyl (C=O) groups is 1. The van der Waals surface area contributed by atoms with Gasteiger partial charge in [0.1, 0.15) is 0 Å². The quantitative estimate of drug-likeness (QED) is 0.834. The van der Waals surface area contributed by atoms with Gasteiger partial charge in [-0.15, -0.1) is 0 Å². The molecule has 3 rings (SSSR count). The zero-order chi connectivity index (χ0) is 12.5. The Labute approximate surface area is 115 Å². The zero-order valence-electron chi connectivity index (χ0n) is 10.2. The van der Waals surface area contributed by atoms with Crippen LogP contribution in [0.2, 0.25) is 0 Å². The number of fused-ring (bicyclic) bond motifs is 1. The second-order valence-electron chi connectivity index (χ2n) is 5.09. The number of benzene rings is 1. The summed E-state index contributed by atoms with van der Waals surface area (Å²) in [6.07, 6.45) is 6.63. The van der Waals surface area contributed by atoms with Crippen LogP contribution in [0.5, 0.6) is 0 Å². The zero-order valence-corrected chi connectivity index (χ0v) is 11.8. The Bertz CT molecular complexity index is 581. The van der Waals surface area contributed by atoms with Crippen LogP contribution in [0.25, 0.3) is 10.9 Å². The molecule has 0 N–H and O–H groups in total. The Morgan fingerprint density at radius 1 is 1.28 bits per heavy atom. The third kappa shape index (κ3) is 2.24. The van der Waals surface area contributed by atoms with Crippen LogP contribution in [0.4, 0.5) is 0 Å². The normalized spacial score (nSPS) is 16.5. The van der Waals surface area contributed by atoms with Gasteiger partial charge in [0.05, 0.1) is 6.54 Å². The fourth-order valence-electron chi connectivity index (χ4n) is 2.85. The van der Waals surface area contributed by atoms with E-state index in [9.17, 15) is 4.79 Å². The van der Waals surface area contributed by atoms with Crippen LogP contribution < -0.4 is 0 Å². The lowest BCUT2D eigenvalue weighted by Crippen LogP contribution is -2.17. The fraction of sp³-hybridized carbons (Fsp3) is 0.400. The Morgan fingerprint density at radius 3 is 2.83 bits per heavy atom. The van der Waals surface area contributed by atoms with E-state index in [1.807, 2.05) is 12.3 Å². The summed E-state index contributed by atoms with van der Waals surface area (Å²) < 4.78 is 3.15. The minimum atomic E-state index is 0.304. The van der Waals surface area contributed by atoms with Crippen molar-refractivity contribution >= 4 is 32.6 Å². The summed E-state index contributed by atoms with van der Waals surface area (Å²) in [4.78, 5) is 12.2. The van der Waals surface area contributed by atoms with Crippen molar-refractivity contribution in [2.75, 3.05) is 0 Å². The molecule has 1 aliphatic carbocycles. The third-order valence-electron chi connectivity index (χ3n) is 3.87. The molecule has 0 aliphatic heterocycles. The third-order valence-corrected chi connectivity index (χ3v) is 4.36. The monoisotopic (exact) mass is 305 g/mol. The van der Waals surface area contributed by atoms with Crippen LogP contribution in [0.15, 0.2) is 34.9 Å². The predicted octanol–water partition coefficient (Wildman–Crippen LogP) is 4.16. The van der Waals surface area contributed by atoms with Gasteiger partial charge in [0.15, 0.2) is 5.78 Å². The van der Waals surface area contributed by atoms with Crippen molar-refractivity contribution in [3.63, 3.8) is 0 Å². The molecule has 1 aromatic heterocycles. The first-order valence-electron chi connectivity index (χ1n) is 6.51. The van der Waals surface area contributed by atoms with Crippen molar-refractivity contribution in [2.45, 2.75) is 32.2 Å². The van der Waals surface area contributed by atoms with Crippen molar-refractivity contribution in [3.05, 3.63) is 34.9 Å². The van der Waals surface area contributed by atoms with E-state index in [0.29, 0.717) is 18.2 Å². The van der Waals surface area contributed by atoms with Crippen LogP contribution in [0.1, 0.15) is 25.7 Å². The first-order valence-corrected chi connectivity index (χ1v) is 7.30. The second kappa shape index (κ2) is 4.88. The van der Waals surface area contributed by atoms with E-state index in [4.69, 9.17) is 0 Å². The molecule has 0 unspecified atom stereocenters. The topological polar surface area (TPSA) is 22.0 Å². The number of carbonyl (C=O) groups excluding carboxylic acids is 1. The van der Waals surface area contributed by atoms with E-state index < -0.39 is 0 Å². The highest BCUT2D eigenvalue weighted by molar-refractivity contribution is 9.10. The molecular weight excluding hydrogens is 290 g/mol. The molecule has 3 heteroatoms. The van der Waals surface area contributed by atoms with Crippen molar-refractivity contribution in [2.24, 2.45) is 5.92 Å². The first-order chi connectivity index (χ1) is 8.74. The van der Waals surface area contributed by atoms with Crippen molar-refractivity contribution in [1.29, 1.82) is 0 Å². The number of Topliss-reactive ketones (excluding diaryl/α,β-unsaturated/α-hetero) is 1. The number of ketones is 1. The smallest absolute Gasteiger partial charge is 0.155 e. The summed E-state index contributed by atoms with van der Waals surface area (Å²) in [6, 6.07) is 8.26. The van der Waals surface area contributed by atoms with Gasteiger partial charge in [0, 0.05) is 27.5 Å². The Balaban J connectivity index is 1.84. The molecule has 18 heavy (non-hydrogen) atoms. The molecule has 2 nitrogen and oxygen atoms in total. The molecule has 94 valence electrons. The maximum atomic E-state index is 12.2. The molecule has 1 aliphatic rings. The van der Waals surface area contributed by atoms with E-state index in [2.05, 4.69) is 38.7 Å². The number of hydrogen-bond donors (Lipinski definition) is 0. The molecule has 1 saturated carbocycles. The molecule has 1 aromatic carbocycles. The van der Waals surface area contributed by atoms with E-state index in [1.54, 1.807) is 0 Å². The van der Waals surface area contributed by atoms with Crippen LogP contribution in [-0.4, -0.2) is 10.4 Å². The van der Waals surface area contributed by atoms with Gasteiger partial charge in [0.2, 0.25) is 0 Å². The molecule has 0 saturated heterocycles. The summed E-state index contributed by atoms with van der Waals surface area (Å²) in [5.74, 6) is 0.700. The van der Waals surface area contributed by atoms with Gasteiger partial charge < -0.3 is 4.57 Å². The lowest BCUT2D eigenvalue weighted by molar-refractivity contribution is -0.123. The summed E-state index contributed by atoms with van der Waals surface area (Å²) in [7, 11) is 0. The van der Waals surface area contributed by atoms with E-state index in [0.717, 1.165) is 22.8 Å². The van der Waals surface area contributed by atoms with Crippen LogP contribution in [-0.2, 0) is 11.3 Å². The molecule has 0 amide bonds. The molecule has 1 fully saturated rings. The largest absolute Gasteiger partial charge is 0.340 e. The summed E-state index contributed by atoms with van der Waals surface area (Å²) >= 11 is 3.47. The molecule has 2 aromatic rings. The maximum Gasteiger partial charge on any atom is 0.155 e. The Hall–Kier alpha value is -1.09. The van der Waals surface area contributed by atoms with E-state index in [1.165, 1.54) is 18.2 Å². The highest BCUT2D eigenvalue weighted by Gasteiger charge is 2.22. The number of halogens is 1. The number of aromatic nitrogens is 1. The standard InChI is InChI=1S/C15H16BrNO/c16-13-5-6-14-12(9-13)7-8-17(14)10-15(18)11-3-1-2-4-11/h5-9,11H,1-4,10H2. The molecule has 0 bridgehead atoms. The highest BCUT2D eigenvalue weighted by atomic mass is 79.9. The molecule has 0 spiro atoms. The van der Waals surface area contributed by atoms with Crippen LogP contribution >= 0.6 is 15.9 Å². The van der Waals surface area contributed by atoms with Gasteiger partial charge in [-0.05, 0) is 37.1 Å². The first kappa shape index (κ1) is 12.0. The lowest BCUT2D eigenvalue weighted by Gasteiger charge is -2.09. The van der Waals surface area contributed by atoms with Gasteiger partial charge in [-0.2, -0.15) is 0 Å². The van der Waals surface area contributed by atoms with Gasteiger partial charge >= 0.3 is 0 Å². The SMILES string of the molecule is O=C(Cn1ccc2cc(Br)ccc21)C1CCCC1. The average Bonchev–Trinajstić information content (AvgIpc) is 2.98. The van der Waals surface area contributed by atoms with Crippen LogP contribution in [0, 0.1) is 5.92 Å². The van der Waals surface area contributed by atoms with Crippen molar-refractivity contribution in [1.82, 2.24) is 4.57 Å². The van der Waals surface area contributed by atoms with Gasteiger partial charge in [-0.25, -0.2) is 0 Å². The van der Waals surface area contributed by atoms with Gasteiger partial charge in [-0.3, -0.25) is 4.79 Å². The molecule has 0 radical (unpaired) electrons. The van der Waals surface area contributed by atoms with Crippen molar-refractivity contribution < 1.29 is 4.79 Å². The van der Waals surface area contributed by atoms with Crippen LogP contribution in [0.3, 0.4) is 0 Å². The number of rotatable bonds is 3. The summed E-state index contributed by atoms with van der Waals surface area (Å²) in [6.45, 7) is 0.524. The molecule has 0 atom stereocenters. The van der Waals surface area contributed by atoms with E-state index >= 15 is 0 Å². The highest BCUT2D eigenvalue weighted by Crippen LogP contribution is 2.27. The maximum absolute atomic E-state index is 12.2.